The van der Waals surface area contributed by atoms with Crippen LogP contribution in [0.25, 0.3) is 11.0 Å². The molecule has 4 atom stereocenters. The SMILES string of the molecule is CC(C)=CCN1CC(C(=O)COP(=O)([O-])OP(=O)([O-])OP(=O)([O-])[O-])c2nc3ccccc3n2CC1C. The highest BCUT2D eigenvalue weighted by molar-refractivity contribution is 7.64. The summed E-state index contributed by atoms with van der Waals surface area (Å²) in [5.74, 6) is -1.32. The van der Waals surface area contributed by atoms with Gasteiger partial charge in [0.15, 0.2) is 5.78 Å². The van der Waals surface area contributed by atoms with Crippen molar-refractivity contribution in [2.24, 2.45) is 0 Å². The van der Waals surface area contributed by atoms with Gasteiger partial charge in [0.2, 0.25) is 0 Å². The third kappa shape index (κ3) is 7.74. The molecule has 1 aliphatic heterocycles. The quantitative estimate of drug-likeness (QED) is 0.279. The molecular formula is C19H24N3O11P3-4. The highest BCUT2D eigenvalue weighted by atomic mass is 31.3. The van der Waals surface area contributed by atoms with Crippen molar-refractivity contribution in [3.05, 3.63) is 41.7 Å². The Bertz CT molecular complexity index is 1300. The Hall–Kier alpha value is -1.53. The lowest BCUT2D eigenvalue weighted by atomic mass is 10.0. The van der Waals surface area contributed by atoms with Crippen LogP contribution >= 0.6 is 23.5 Å². The number of ketones is 1. The van der Waals surface area contributed by atoms with Gasteiger partial charge in [-0.3, -0.25) is 23.1 Å². The number of para-hydroxylation sites is 2. The Morgan fingerprint density at radius 3 is 2.39 bits per heavy atom. The summed E-state index contributed by atoms with van der Waals surface area (Å²) in [6.45, 7) is 5.89. The zero-order valence-electron chi connectivity index (χ0n) is 19.5. The first-order valence-corrected chi connectivity index (χ1v) is 15.0. The first kappa shape index (κ1) is 29.0. The van der Waals surface area contributed by atoms with E-state index < -0.39 is 41.8 Å². The number of phosphoric acid groups is 3. The molecule has 0 saturated heterocycles. The topological polar surface area (TPSA) is 209 Å². The maximum Gasteiger partial charge on any atom is 0.278 e. The number of rotatable bonds is 10. The molecule has 0 radical (unpaired) electrons. The second kappa shape index (κ2) is 11.1. The van der Waals surface area contributed by atoms with Crippen LogP contribution in [-0.4, -0.2) is 46.0 Å². The normalized spacial score (nSPS) is 22.3. The summed E-state index contributed by atoms with van der Waals surface area (Å²) < 4.78 is 46.7. The van der Waals surface area contributed by atoms with E-state index in [9.17, 15) is 38.1 Å². The summed E-state index contributed by atoms with van der Waals surface area (Å²) in [4.78, 5) is 64.0. The average Bonchev–Trinajstić information content (AvgIpc) is 3.00. The van der Waals surface area contributed by atoms with Crippen LogP contribution in [-0.2, 0) is 38.2 Å². The van der Waals surface area contributed by atoms with Gasteiger partial charge in [-0.2, -0.15) is 0 Å². The van der Waals surface area contributed by atoms with Crippen molar-refractivity contribution in [3.8, 4) is 0 Å². The number of hydrogen-bond acceptors (Lipinski definition) is 13. The van der Waals surface area contributed by atoms with Crippen molar-refractivity contribution in [1.29, 1.82) is 0 Å². The molecular weight excluding hydrogens is 539 g/mol. The van der Waals surface area contributed by atoms with Crippen molar-refractivity contribution >= 4 is 40.3 Å². The van der Waals surface area contributed by atoms with Crippen LogP contribution in [0.3, 0.4) is 0 Å². The molecule has 0 N–H and O–H groups in total. The Labute approximate surface area is 207 Å². The van der Waals surface area contributed by atoms with E-state index in [-0.39, 0.29) is 12.6 Å². The molecule has 0 spiro atoms. The molecule has 1 aromatic carbocycles. The molecule has 1 aliphatic rings. The van der Waals surface area contributed by atoms with Crippen LogP contribution in [0.5, 0.6) is 0 Å². The van der Waals surface area contributed by atoms with E-state index in [1.54, 1.807) is 12.1 Å². The molecule has 36 heavy (non-hydrogen) atoms. The molecule has 200 valence electrons. The van der Waals surface area contributed by atoms with Crippen LogP contribution in [0.2, 0.25) is 0 Å². The van der Waals surface area contributed by atoms with E-state index in [0.29, 0.717) is 24.4 Å². The lowest BCUT2D eigenvalue weighted by molar-refractivity contribution is -0.339. The van der Waals surface area contributed by atoms with Crippen molar-refractivity contribution < 1.29 is 51.2 Å². The zero-order valence-corrected chi connectivity index (χ0v) is 22.2. The smallest absolute Gasteiger partial charge is 0.278 e. The number of fused-ring (bicyclic) bond motifs is 3. The Kier molecular flexibility index (Phi) is 8.92. The molecule has 14 nitrogen and oxygen atoms in total. The molecule has 0 aliphatic carbocycles. The number of allylic oxidation sites excluding steroid dienone is 1. The van der Waals surface area contributed by atoms with Gasteiger partial charge in [0.05, 0.1) is 24.8 Å². The standard InChI is InChI=1S/C19H28N3O11P3/c1-13(2)8-9-21-11-15(19-20-16-6-4-5-7-17(16)22(19)10-14(21)3)18(23)12-31-35(27,28)33-36(29,30)32-34(24,25)26/h4-8,14-15H,9-12H2,1-3H3,(H,27,28)(H,29,30)(H2,24,25,26)/p-4. The summed E-state index contributed by atoms with van der Waals surface area (Å²) >= 11 is 0. The fourth-order valence-corrected chi connectivity index (χ4v) is 6.58. The zero-order chi connectivity index (χ0) is 26.9. The van der Waals surface area contributed by atoms with Gasteiger partial charge in [0, 0.05) is 25.7 Å². The minimum absolute atomic E-state index is 0.0250. The van der Waals surface area contributed by atoms with Crippen molar-refractivity contribution in [1.82, 2.24) is 14.5 Å². The fraction of sp³-hybridized carbons (Fsp3) is 0.474. The number of Topliss-reactive ketones (excluding diaryl/α,β-unsaturated/α-hetero) is 1. The summed E-state index contributed by atoms with van der Waals surface area (Å²) in [7, 11) is -18.0. The number of hydrogen-bond donors (Lipinski definition) is 0. The number of carbonyl (C=O) groups is 1. The number of phosphoric ester groups is 1. The van der Waals surface area contributed by atoms with E-state index in [2.05, 4.69) is 18.1 Å². The lowest BCUT2D eigenvalue weighted by Crippen LogP contribution is -2.38. The number of imidazole rings is 1. The molecule has 0 bridgehead atoms. The first-order chi connectivity index (χ1) is 16.6. The summed E-state index contributed by atoms with van der Waals surface area (Å²) in [5.41, 5.74) is 2.48. The van der Waals surface area contributed by atoms with E-state index in [4.69, 9.17) is 0 Å². The van der Waals surface area contributed by atoms with Gasteiger partial charge in [-0.1, -0.05) is 23.8 Å². The largest absolute Gasteiger partial charge is 0.790 e. The molecule has 4 unspecified atom stereocenters. The molecule has 2 aromatic rings. The van der Waals surface area contributed by atoms with Crippen LogP contribution in [0.4, 0.5) is 0 Å². The van der Waals surface area contributed by atoms with Crippen LogP contribution in [0.1, 0.15) is 32.5 Å². The van der Waals surface area contributed by atoms with Gasteiger partial charge in [0.1, 0.15) is 12.4 Å². The van der Waals surface area contributed by atoms with Gasteiger partial charge in [-0.25, -0.2) is 9.29 Å². The van der Waals surface area contributed by atoms with Gasteiger partial charge >= 0.3 is 0 Å². The molecule has 0 saturated carbocycles. The third-order valence-electron chi connectivity index (χ3n) is 5.37. The maximum atomic E-state index is 13.2. The van der Waals surface area contributed by atoms with Crippen molar-refractivity contribution in [3.63, 3.8) is 0 Å². The Morgan fingerprint density at radius 1 is 1.08 bits per heavy atom. The maximum absolute atomic E-state index is 13.2. The number of aromatic nitrogens is 2. The van der Waals surface area contributed by atoms with Crippen molar-refractivity contribution in [2.45, 2.75) is 39.3 Å². The average molecular weight is 563 g/mol. The summed E-state index contributed by atoms with van der Waals surface area (Å²) in [6, 6.07) is 7.21. The number of benzene rings is 1. The monoisotopic (exact) mass is 563 g/mol. The highest BCUT2D eigenvalue weighted by Crippen LogP contribution is 2.60. The second-order valence-electron chi connectivity index (χ2n) is 8.45. The molecule has 0 fully saturated rings. The second-order valence-corrected chi connectivity index (χ2v) is 12.7. The summed E-state index contributed by atoms with van der Waals surface area (Å²) in [5, 5.41) is 0. The number of nitrogens with zero attached hydrogens (tertiary/aromatic N) is 3. The van der Waals surface area contributed by atoms with Crippen molar-refractivity contribution in [2.75, 3.05) is 19.7 Å². The predicted molar refractivity (Wildman–Crippen MR) is 119 cm³/mol. The lowest BCUT2D eigenvalue weighted by Gasteiger charge is -2.37. The van der Waals surface area contributed by atoms with E-state index in [0.717, 1.165) is 11.1 Å². The molecule has 0 amide bonds. The highest BCUT2D eigenvalue weighted by Gasteiger charge is 2.35. The van der Waals surface area contributed by atoms with Crippen LogP contribution in [0, 0.1) is 0 Å². The van der Waals surface area contributed by atoms with E-state index >= 15 is 0 Å². The predicted octanol–water partition coefficient (Wildman–Crippen LogP) is 0.175. The van der Waals surface area contributed by atoms with Gasteiger partial charge in [-0.15, -0.1) is 0 Å². The van der Waals surface area contributed by atoms with Gasteiger partial charge in [-0.05, 0) is 32.9 Å². The molecule has 17 heteroatoms. The van der Waals surface area contributed by atoms with Gasteiger partial charge in [0.25, 0.3) is 15.6 Å². The molecule has 3 rings (SSSR count). The fourth-order valence-electron chi connectivity index (χ4n) is 3.75. The Morgan fingerprint density at radius 2 is 1.75 bits per heavy atom. The summed E-state index contributed by atoms with van der Waals surface area (Å²) in [6.07, 6.45) is 1.98. The van der Waals surface area contributed by atoms with E-state index in [1.165, 1.54) is 0 Å². The third-order valence-corrected chi connectivity index (χ3v) is 9.02. The van der Waals surface area contributed by atoms with Crippen LogP contribution < -0.4 is 19.6 Å². The first-order valence-electron chi connectivity index (χ1n) is 10.6. The number of carbonyl (C=O) groups excluding carboxylic acids is 1. The van der Waals surface area contributed by atoms with Crippen LogP contribution in [0.15, 0.2) is 35.9 Å². The minimum atomic E-state index is -6.13. The molecule has 2 heterocycles. The Balaban J connectivity index is 1.85. The van der Waals surface area contributed by atoms with Gasteiger partial charge < -0.3 is 33.2 Å². The van der Waals surface area contributed by atoms with E-state index in [1.807, 2.05) is 48.4 Å². The minimum Gasteiger partial charge on any atom is -0.790 e. The molecule has 1 aromatic heterocycles.